The normalized spacial score (nSPS) is 26.0. The van der Waals surface area contributed by atoms with Crippen molar-refractivity contribution in [1.29, 1.82) is 0 Å². The van der Waals surface area contributed by atoms with Crippen LogP contribution < -0.4 is 5.49 Å². The average Bonchev–Trinajstić information content (AvgIpc) is 2.94. The number of carbonyl (C=O) groups is 3. The number of pyridine rings is 1. The van der Waals surface area contributed by atoms with E-state index in [0.717, 1.165) is 23.3 Å². The lowest BCUT2D eigenvalue weighted by atomic mass is 9.85. The first-order valence-corrected chi connectivity index (χ1v) is 10.3. The molecule has 2 amide bonds. The number of amides is 2. The van der Waals surface area contributed by atoms with Gasteiger partial charge in [0, 0.05) is 6.20 Å². The number of fused-ring (bicyclic) bond motifs is 1. The third-order valence-corrected chi connectivity index (χ3v) is 6.14. The number of hydrogen-bond donors (Lipinski definition) is 0. The van der Waals surface area contributed by atoms with Crippen molar-refractivity contribution in [1.82, 2.24) is 9.47 Å². The molecule has 0 spiro atoms. The minimum Gasteiger partial charge on any atom is -0.274 e. The summed E-state index contributed by atoms with van der Waals surface area (Å²) < 4.78 is 1.50. The lowest BCUT2D eigenvalue weighted by molar-refractivity contribution is -0.139. The Labute approximate surface area is 164 Å². The number of nitrogens with zero attached hydrogens (tertiary/aromatic N) is 3. The van der Waals surface area contributed by atoms with Crippen LogP contribution in [0.1, 0.15) is 55.3 Å². The van der Waals surface area contributed by atoms with Gasteiger partial charge in [0.25, 0.3) is 5.91 Å². The highest BCUT2D eigenvalue weighted by Crippen LogP contribution is 2.34. The Morgan fingerprint density at radius 3 is 2.36 bits per heavy atom. The van der Waals surface area contributed by atoms with Crippen molar-refractivity contribution in [2.45, 2.75) is 57.9 Å². The molecule has 1 saturated heterocycles. The molecule has 1 aliphatic heterocycles. The smallest absolute Gasteiger partial charge is 0.252 e. The van der Waals surface area contributed by atoms with Crippen LogP contribution in [0, 0.1) is 18.8 Å². The van der Waals surface area contributed by atoms with Crippen molar-refractivity contribution in [3.8, 4) is 0 Å². The minimum atomic E-state index is -0.306. The monoisotopic (exact) mass is 381 g/mol. The van der Waals surface area contributed by atoms with Gasteiger partial charge in [0.15, 0.2) is 0 Å². The van der Waals surface area contributed by atoms with Crippen LogP contribution >= 0.6 is 0 Å². The first-order chi connectivity index (χ1) is 13.5. The maximum absolute atomic E-state index is 13.0. The van der Waals surface area contributed by atoms with Gasteiger partial charge in [0.2, 0.25) is 11.8 Å². The van der Waals surface area contributed by atoms with Crippen LogP contribution in [0.3, 0.4) is 0 Å². The van der Waals surface area contributed by atoms with E-state index in [0.29, 0.717) is 18.3 Å². The van der Waals surface area contributed by atoms with E-state index in [1.54, 1.807) is 6.20 Å². The third-order valence-electron chi connectivity index (χ3n) is 6.14. The predicted molar refractivity (Wildman–Crippen MR) is 104 cm³/mol. The summed E-state index contributed by atoms with van der Waals surface area (Å²) in [5, 5.41) is 0. The molecule has 2 heterocycles. The number of hydrogen-bond acceptors (Lipinski definition) is 4. The van der Waals surface area contributed by atoms with Crippen LogP contribution in [-0.4, -0.2) is 39.8 Å². The zero-order valence-corrected chi connectivity index (χ0v) is 16.3. The Morgan fingerprint density at radius 2 is 1.71 bits per heavy atom. The standard InChI is InChI=1S/C22H27N3O3/c1-15-11-12-24(19(13-15)23-16-7-3-2-4-8-16)20(26)14-25-21(27)17-9-5-6-10-18(17)22(25)28/h5-6,11-13,16-18H,2-4,7-10,14H2,1H3/t17-,18+. The molecule has 2 aliphatic carbocycles. The van der Waals surface area contributed by atoms with E-state index in [1.165, 1.54) is 23.8 Å². The van der Waals surface area contributed by atoms with Crippen LogP contribution in [0.5, 0.6) is 0 Å². The van der Waals surface area contributed by atoms with Gasteiger partial charge < -0.3 is 0 Å². The lowest BCUT2D eigenvalue weighted by Crippen LogP contribution is -2.41. The van der Waals surface area contributed by atoms with E-state index >= 15 is 0 Å². The summed E-state index contributed by atoms with van der Waals surface area (Å²) in [7, 11) is 0. The lowest BCUT2D eigenvalue weighted by Gasteiger charge is -2.19. The maximum Gasteiger partial charge on any atom is 0.252 e. The number of likely N-dealkylation sites (tertiary alicyclic amines) is 1. The van der Waals surface area contributed by atoms with E-state index in [1.807, 2.05) is 31.2 Å². The van der Waals surface area contributed by atoms with Crippen LogP contribution in [0.2, 0.25) is 0 Å². The fourth-order valence-corrected chi connectivity index (χ4v) is 4.53. The molecule has 2 fully saturated rings. The molecular formula is C22H27N3O3. The SMILES string of the molecule is Cc1ccn(C(=O)CN2C(=O)[C@H]3CC=CC[C@H]3C2=O)c(=NC2CCCCC2)c1. The van der Waals surface area contributed by atoms with E-state index in [4.69, 9.17) is 4.99 Å². The number of aromatic nitrogens is 1. The Kier molecular flexibility index (Phi) is 5.29. The van der Waals surface area contributed by atoms with Gasteiger partial charge in [-0.05, 0) is 50.3 Å². The number of rotatable bonds is 3. The van der Waals surface area contributed by atoms with Gasteiger partial charge in [-0.1, -0.05) is 31.4 Å². The quantitative estimate of drug-likeness (QED) is 0.597. The highest BCUT2D eigenvalue weighted by molar-refractivity contribution is 6.07. The van der Waals surface area contributed by atoms with Crippen LogP contribution in [-0.2, 0) is 9.59 Å². The second kappa shape index (κ2) is 7.86. The number of allylic oxidation sites excluding steroid dienone is 2. The van der Waals surface area contributed by atoms with Gasteiger partial charge in [-0.15, -0.1) is 0 Å². The molecule has 6 heteroatoms. The van der Waals surface area contributed by atoms with Crippen molar-refractivity contribution < 1.29 is 14.4 Å². The molecule has 0 radical (unpaired) electrons. The average molecular weight is 381 g/mol. The van der Waals surface area contributed by atoms with Gasteiger partial charge in [-0.3, -0.25) is 28.8 Å². The number of aryl methyl sites for hydroxylation is 1. The Bertz CT molecular complexity index is 867. The second-order valence-corrected chi connectivity index (χ2v) is 8.17. The highest BCUT2D eigenvalue weighted by Gasteiger charge is 2.47. The fourth-order valence-electron chi connectivity index (χ4n) is 4.53. The summed E-state index contributed by atoms with van der Waals surface area (Å²) in [4.78, 5) is 44.3. The molecule has 0 bridgehead atoms. The number of imide groups is 1. The summed E-state index contributed by atoms with van der Waals surface area (Å²) in [6.07, 6.45) is 12.4. The Morgan fingerprint density at radius 1 is 1.07 bits per heavy atom. The predicted octanol–water partition coefficient (Wildman–Crippen LogP) is 2.62. The van der Waals surface area contributed by atoms with Crippen LogP contribution in [0.4, 0.5) is 0 Å². The van der Waals surface area contributed by atoms with Gasteiger partial charge in [0.05, 0.1) is 17.9 Å². The summed E-state index contributed by atoms with van der Waals surface area (Å²) in [5.74, 6) is -1.33. The van der Waals surface area contributed by atoms with Crippen molar-refractivity contribution in [2.75, 3.05) is 6.54 Å². The summed E-state index contributed by atoms with van der Waals surface area (Å²) in [6.45, 7) is 1.76. The molecule has 2 atom stereocenters. The molecule has 28 heavy (non-hydrogen) atoms. The van der Waals surface area contributed by atoms with Gasteiger partial charge in [-0.25, -0.2) is 0 Å². The van der Waals surface area contributed by atoms with Crippen LogP contribution in [0.15, 0.2) is 35.5 Å². The topological polar surface area (TPSA) is 71.7 Å². The first kappa shape index (κ1) is 18.8. The van der Waals surface area contributed by atoms with Crippen molar-refractivity contribution in [3.05, 3.63) is 41.5 Å². The fraction of sp³-hybridized carbons (Fsp3) is 0.545. The summed E-state index contributed by atoms with van der Waals surface area (Å²) in [6, 6.07) is 4.00. The Balaban J connectivity index is 1.58. The zero-order valence-electron chi connectivity index (χ0n) is 16.3. The molecule has 3 aliphatic rings. The highest BCUT2D eigenvalue weighted by atomic mass is 16.2. The largest absolute Gasteiger partial charge is 0.274 e. The van der Waals surface area contributed by atoms with E-state index in [9.17, 15) is 14.4 Å². The summed E-state index contributed by atoms with van der Waals surface area (Å²) in [5.41, 5.74) is 1.65. The van der Waals surface area contributed by atoms with E-state index < -0.39 is 0 Å². The van der Waals surface area contributed by atoms with Gasteiger partial charge >= 0.3 is 0 Å². The maximum atomic E-state index is 13.0. The van der Waals surface area contributed by atoms with Crippen LogP contribution in [0.25, 0.3) is 0 Å². The molecule has 4 rings (SSSR count). The minimum absolute atomic E-state index is 0.216. The van der Waals surface area contributed by atoms with Crippen molar-refractivity contribution in [2.24, 2.45) is 16.8 Å². The van der Waals surface area contributed by atoms with Crippen molar-refractivity contribution in [3.63, 3.8) is 0 Å². The third kappa shape index (κ3) is 3.60. The first-order valence-electron chi connectivity index (χ1n) is 10.3. The zero-order chi connectivity index (χ0) is 19.7. The molecule has 1 aromatic heterocycles. The number of carbonyl (C=O) groups excluding carboxylic acids is 3. The molecule has 0 N–H and O–H groups in total. The van der Waals surface area contributed by atoms with Crippen molar-refractivity contribution >= 4 is 17.7 Å². The molecule has 6 nitrogen and oxygen atoms in total. The Hall–Kier alpha value is -2.50. The molecule has 148 valence electrons. The molecular weight excluding hydrogens is 354 g/mol. The molecule has 0 aromatic carbocycles. The molecule has 1 aromatic rings. The van der Waals surface area contributed by atoms with E-state index in [-0.39, 0.29) is 42.1 Å². The summed E-state index contributed by atoms with van der Waals surface area (Å²) >= 11 is 0. The van der Waals surface area contributed by atoms with Gasteiger partial charge in [-0.2, -0.15) is 0 Å². The second-order valence-electron chi connectivity index (χ2n) is 8.17. The van der Waals surface area contributed by atoms with E-state index in [2.05, 4.69) is 0 Å². The van der Waals surface area contributed by atoms with Gasteiger partial charge in [0.1, 0.15) is 12.0 Å². The molecule has 1 saturated carbocycles. The molecule has 0 unspecified atom stereocenters.